The van der Waals surface area contributed by atoms with Gasteiger partial charge in [0.25, 0.3) is 5.91 Å². The number of nitrogens with two attached hydrogens (primary N) is 2. The Morgan fingerprint density at radius 2 is 2.04 bits per heavy atom. The van der Waals surface area contributed by atoms with Gasteiger partial charge in [0.15, 0.2) is 11.6 Å². The number of nitrogens with one attached hydrogen (secondary N) is 2. The van der Waals surface area contributed by atoms with E-state index in [0.717, 1.165) is 36.2 Å². The number of rotatable bonds is 5. The molecule has 4 rings (SSSR count). The van der Waals surface area contributed by atoms with Gasteiger partial charge in [-0.1, -0.05) is 6.07 Å². The van der Waals surface area contributed by atoms with E-state index in [0.29, 0.717) is 5.69 Å². The summed E-state index contributed by atoms with van der Waals surface area (Å²) >= 11 is 0. The summed E-state index contributed by atoms with van der Waals surface area (Å²) in [5.74, 6) is -1.16. The minimum atomic E-state index is -0.763. The maximum absolute atomic E-state index is 14.5. The first-order valence-electron chi connectivity index (χ1n) is 9.15. The highest BCUT2D eigenvalue weighted by atomic mass is 19.1. The number of amides is 1. The van der Waals surface area contributed by atoms with Gasteiger partial charge in [-0.2, -0.15) is 0 Å². The maximum atomic E-state index is 14.5. The van der Waals surface area contributed by atoms with Crippen molar-refractivity contribution < 1.29 is 9.18 Å². The molecule has 1 unspecified atom stereocenters. The molecule has 144 valence electrons. The van der Waals surface area contributed by atoms with Crippen LogP contribution in [0.5, 0.6) is 0 Å². The number of anilines is 3. The molecule has 2 atom stereocenters. The third-order valence-corrected chi connectivity index (χ3v) is 5.00. The summed E-state index contributed by atoms with van der Waals surface area (Å²) in [5.41, 5.74) is 13.0. The molecule has 1 saturated carbocycles. The van der Waals surface area contributed by atoms with Gasteiger partial charge in [0, 0.05) is 29.4 Å². The van der Waals surface area contributed by atoms with Crippen molar-refractivity contribution in [3.05, 3.63) is 54.0 Å². The lowest BCUT2D eigenvalue weighted by Crippen LogP contribution is -2.35. The first-order valence-corrected chi connectivity index (χ1v) is 9.15. The van der Waals surface area contributed by atoms with Crippen molar-refractivity contribution in [2.45, 2.75) is 31.3 Å². The van der Waals surface area contributed by atoms with Crippen molar-refractivity contribution in [3.63, 3.8) is 0 Å². The third kappa shape index (κ3) is 3.59. The number of hydrogen-bond acceptors (Lipinski definition) is 6. The Hall–Kier alpha value is -3.26. The van der Waals surface area contributed by atoms with Gasteiger partial charge in [0.1, 0.15) is 5.82 Å². The molecule has 3 aromatic rings. The van der Waals surface area contributed by atoms with Crippen LogP contribution in [0.4, 0.5) is 21.7 Å². The highest BCUT2D eigenvalue weighted by Gasteiger charge is 2.26. The number of nitrogens with zero attached hydrogens (tertiary/aromatic N) is 2. The van der Waals surface area contributed by atoms with E-state index in [1.807, 2.05) is 30.3 Å². The predicted molar refractivity (Wildman–Crippen MR) is 107 cm³/mol. The van der Waals surface area contributed by atoms with Gasteiger partial charge in [0.2, 0.25) is 0 Å². The number of hydrogen-bond donors (Lipinski definition) is 4. The van der Waals surface area contributed by atoms with Crippen LogP contribution < -0.4 is 22.1 Å². The second kappa shape index (κ2) is 7.40. The molecule has 1 fully saturated rings. The lowest BCUT2D eigenvalue weighted by molar-refractivity contribution is 0.100. The molecule has 2 aromatic heterocycles. The molecular weight excluding hydrogens is 359 g/mol. The van der Waals surface area contributed by atoms with Crippen molar-refractivity contribution in [1.82, 2.24) is 9.97 Å². The molecule has 0 spiro atoms. The van der Waals surface area contributed by atoms with Gasteiger partial charge in [-0.25, -0.2) is 9.37 Å². The number of carbonyl (C=O) groups is 1. The van der Waals surface area contributed by atoms with Gasteiger partial charge in [-0.15, -0.1) is 0 Å². The zero-order valence-electron chi connectivity index (χ0n) is 15.2. The number of pyridine rings is 2. The SMILES string of the molecule is NC(=O)c1cc(F)c(NC2CCC[C@@H]2N)nc1Nc1ccc2ncccc2c1. The average Bonchev–Trinajstić information content (AvgIpc) is 3.08. The van der Waals surface area contributed by atoms with Gasteiger partial charge in [0.05, 0.1) is 11.1 Å². The number of benzene rings is 1. The van der Waals surface area contributed by atoms with Crippen LogP contribution in [-0.4, -0.2) is 28.0 Å². The second-order valence-electron chi connectivity index (χ2n) is 6.96. The summed E-state index contributed by atoms with van der Waals surface area (Å²) in [6.07, 6.45) is 4.43. The Morgan fingerprint density at radius 3 is 2.79 bits per heavy atom. The van der Waals surface area contributed by atoms with E-state index in [9.17, 15) is 9.18 Å². The number of primary amides is 1. The highest BCUT2D eigenvalue weighted by molar-refractivity contribution is 5.99. The third-order valence-electron chi connectivity index (χ3n) is 5.00. The summed E-state index contributed by atoms with van der Waals surface area (Å²) in [7, 11) is 0. The number of aromatic nitrogens is 2. The minimum absolute atomic E-state index is 0.0231. The predicted octanol–water partition coefficient (Wildman–Crippen LogP) is 2.90. The fourth-order valence-electron chi connectivity index (χ4n) is 3.51. The quantitative estimate of drug-likeness (QED) is 0.540. The molecule has 1 aromatic carbocycles. The van der Waals surface area contributed by atoms with Crippen molar-refractivity contribution >= 4 is 34.1 Å². The van der Waals surface area contributed by atoms with Crippen LogP contribution in [0, 0.1) is 5.82 Å². The number of fused-ring (bicyclic) bond motifs is 1. The number of halogens is 1. The summed E-state index contributed by atoms with van der Waals surface area (Å²) in [6, 6.07) is 10.3. The van der Waals surface area contributed by atoms with Crippen molar-refractivity contribution in [3.8, 4) is 0 Å². The van der Waals surface area contributed by atoms with Crippen molar-refractivity contribution in [2.24, 2.45) is 11.5 Å². The van der Waals surface area contributed by atoms with Crippen molar-refractivity contribution in [1.29, 1.82) is 0 Å². The van der Waals surface area contributed by atoms with Gasteiger partial charge in [-0.3, -0.25) is 9.78 Å². The Labute approximate surface area is 161 Å². The summed E-state index contributed by atoms with van der Waals surface area (Å²) in [6.45, 7) is 0. The topological polar surface area (TPSA) is 119 Å². The van der Waals surface area contributed by atoms with E-state index in [1.165, 1.54) is 0 Å². The molecule has 7 nitrogen and oxygen atoms in total. The summed E-state index contributed by atoms with van der Waals surface area (Å²) < 4.78 is 14.5. The lowest BCUT2D eigenvalue weighted by atomic mass is 10.1. The molecule has 0 bridgehead atoms. The van der Waals surface area contributed by atoms with Crippen molar-refractivity contribution in [2.75, 3.05) is 10.6 Å². The van der Waals surface area contributed by atoms with Crippen LogP contribution in [0.15, 0.2) is 42.6 Å². The van der Waals surface area contributed by atoms with Crippen LogP contribution in [0.3, 0.4) is 0 Å². The Balaban J connectivity index is 1.68. The van der Waals surface area contributed by atoms with Crippen LogP contribution in [0.1, 0.15) is 29.6 Å². The molecule has 6 N–H and O–H groups in total. The van der Waals surface area contributed by atoms with Crippen LogP contribution in [0.25, 0.3) is 10.9 Å². The van der Waals surface area contributed by atoms with E-state index in [2.05, 4.69) is 20.6 Å². The first-order chi connectivity index (χ1) is 13.5. The fourth-order valence-corrected chi connectivity index (χ4v) is 3.51. The molecule has 28 heavy (non-hydrogen) atoms. The normalized spacial score (nSPS) is 18.9. The smallest absolute Gasteiger partial charge is 0.252 e. The molecule has 0 radical (unpaired) electrons. The van der Waals surface area contributed by atoms with Crippen LogP contribution in [0.2, 0.25) is 0 Å². The zero-order valence-corrected chi connectivity index (χ0v) is 15.2. The first kappa shape index (κ1) is 18.1. The van der Waals surface area contributed by atoms with E-state index < -0.39 is 11.7 Å². The van der Waals surface area contributed by atoms with Gasteiger partial charge < -0.3 is 22.1 Å². The monoisotopic (exact) mass is 380 g/mol. The van der Waals surface area contributed by atoms with Gasteiger partial charge >= 0.3 is 0 Å². The molecular formula is C20H21FN6O. The molecule has 0 aliphatic heterocycles. The molecule has 1 amide bonds. The Morgan fingerprint density at radius 1 is 1.18 bits per heavy atom. The van der Waals surface area contributed by atoms with E-state index >= 15 is 0 Å². The zero-order chi connectivity index (χ0) is 19.7. The largest absolute Gasteiger partial charge is 0.365 e. The standard InChI is InChI=1S/C20H21FN6O/c21-14-10-13(18(23)28)19(27-20(14)26-17-5-1-4-15(17)22)25-12-6-7-16-11(9-12)3-2-8-24-16/h2-3,6-10,15,17H,1,4-5,22H2,(H2,23,28)(H2,25,26,27)/t15-,17?/m0/s1. The summed E-state index contributed by atoms with van der Waals surface area (Å²) in [5, 5.41) is 7.06. The average molecular weight is 380 g/mol. The summed E-state index contributed by atoms with van der Waals surface area (Å²) in [4.78, 5) is 20.4. The van der Waals surface area contributed by atoms with Gasteiger partial charge in [-0.05, 0) is 49.6 Å². The second-order valence-corrected chi connectivity index (χ2v) is 6.96. The molecule has 0 saturated heterocycles. The number of carbonyl (C=O) groups excluding carboxylic acids is 1. The Bertz CT molecular complexity index is 1040. The molecule has 1 aliphatic carbocycles. The maximum Gasteiger partial charge on any atom is 0.252 e. The van der Waals surface area contributed by atoms with E-state index in [1.54, 1.807) is 6.20 Å². The fraction of sp³-hybridized carbons (Fsp3) is 0.250. The molecule has 1 aliphatic rings. The lowest BCUT2D eigenvalue weighted by Gasteiger charge is -2.20. The molecule has 2 heterocycles. The minimum Gasteiger partial charge on any atom is -0.365 e. The van der Waals surface area contributed by atoms with Crippen LogP contribution >= 0.6 is 0 Å². The highest BCUT2D eigenvalue weighted by Crippen LogP contribution is 2.28. The molecule has 8 heteroatoms. The van der Waals surface area contributed by atoms with Crippen LogP contribution in [-0.2, 0) is 0 Å². The Kier molecular flexibility index (Phi) is 4.79. The van der Waals surface area contributed by atoms with E-state index in [-0.39, 0.29) is 29.3 Å². The van der Waals surface area contributed by atoms with E-state index in [4.69, 9.17) is 11.5 Å².